The van der Waals surface area contributed by atoms with E-state index in [4.69, 9.17) is 4.74 Å². The first-order chi connectivity index (χ1) is 12.8. The van der Waals surface area contributed by atoms with Gasteiger partial charge in [0.1, 0.15) is 5.75 Å². The van der Waals surface area contributed by atoms with E-state index in [1.165, 1.54) is 31.7 Å². The molecule has 0 spiro atoms. The van der Waals surface area contributed by atoms with Crippen molar-refractivity contribution in [3.63, 3.8) is 0 Å². The molecule has 0 aliphatic heterocycles. The zero-order valence-electron chi connectivity index (χ0n) is 14.7. The topological polar surface area (TPSA) is 9.23 Å². The predicted molar refractivity (Wildman–Crippen MR) is 113 cm³/mol. The van der Waals surface area contributed by atoms with Crippen LogP contribution in [0.2, 0.25) is 0 Å². The van der Waals surface area contributed by atoms with Gasteiger partial charge in [-0.1, -0.05) is 72.8 Å². The molecule has 0 saturated heterocycles. The molecule has 1 nitrogen and oxygen atoms in total. The van der Waals surface area contributed by atoms with Crippen molar-refractivity contribution in [3.05, 3.63) is 100 Å². The summed E-state index contributed by atoms with van der Waals surface area (Å²) < 4.78 is 6.58. The van der Waals surface area contributed by atoms with E-state index in [1.54, 1.807) is 7.11 Å². The molecule has 3 aromatic carbocycles. The molecule has 26 heavy (non-hydrogen) atoms. The van der Waals surface area contributed by atoms with Crippen molar-refractivity contribution in [1.82, 2.24) is 0 Å². The second-order valence-electron chi connectivity index (χ2n) is 6.20. The van der Waals surface area contributed by atoms with Crippen molar-refractivity contribution in [3.8, 4) is 5.75 Å². The van der Waals surface area contributed by atoms with Gasteiger partial charge in [-0.25, -0.2) is 0 Å². The highest BCUT2D eigenvalue weighted by Crippen LogP contribution is 2.34. The highest BCUT2D eigenvalue weighted by Gasteiger charge is 2.10. The third-order valence-electron chi connectivity index (χ3n) is 4.48. The van der Waals surface area contributed by atoms with E-state index in [9.17, 15) is 0 Å². The largest absolute Gasteiger partial charge is 0.497 e. The van der Waals surface area contributed by atoms with Gasteiger partial charge >= 0.3 is 0 Å². The quantitative estimate of drug-likeness (QED) is 0.388. The SMILES string of the molecule is COc1ccc(C=Cc2c(Cc3ccccc3)sc3ccccc23)cc1. The van der Waals surface area contributed by atoms with E-state index < -0.39 is 0 Å². The Kier molecular flexibility index (Phi) is 4.85. The van der Waals surface area contributed by atoms with Crippen LogP contribution in [0.5, 0.6) is 5.75 Å². The number of methoxy groups -OCH3 is 1. The average Bonchev–Trinajstić information content (AvgIpc) is 3.04. The van der Waals surface area contributed by atoms with E-state index in [2.05, 4.69) is 78.9 Å². The minimum Gasteiger partial charge on any atom is -0.497 e. The van der Waals surface area contributed by atoms with Gasteiger partial charge in [0.15, 0.2) is 0 Å². The zero-order chi connectivity index (χ0) is 17.8. The van der Waals surface area contributed by atoms with E-state index in [1.807, 2.05) is 23.5 Å². The molecule has 0 amide bonds. The molecule has 0 bridgehead atoms. The highest BCUT2D eigenvalue weighted by molar-refractivity contribution is 7.19. The number of hydrogen-bond donors (Lipinski definition) is 0. The Hall–Kier alpha value is -2.84. The predicted octanol–water partition coefficient (Wildman–Crippen LogP) is 6.67. The lowest BCUT2D eigenvalue weighted by molar-refractivity contribution is 0.415. The molecule has 2 heteroatoms. The Balaban J connectivity index is 1.72. The molecule has 0 aliphatic carbocycles. The normalized spacial score (nSPS) is 11.3. The number of hydrogen-bond acceptors (Lipinski definition) is 2. The van der Waals surface area contributed by atoms with Crippen LogP contribution in [0.15, 0.2) is 78.9 Å². The third-order valence-corrected chi connectivity index (χ3v) is 5.66. The summed E-state index contributed by atoms with van der Waals surface area (Å²) in [4.78, 5) is 1.40. The molecular weight excluding hydrogens is 336 g/mol. The summed E-state index contributed by atoms with van der Waals surface area (Å²) in [6.07, 6.45) is 5.39. The minimum absolute atomic E-state index is 0.882. The number of benzene rings is 3. The van der Waals surface area contributed by atoms with Crippen LogP contribution in [0.3, 0.4) is 0 Å². The van der Waals surface area contributed by atoms with Crippen LogP contribution in [0.4, 0.5) is 0 Å². The Labute approximate surface area is 158 Å². The van der Waals surface area contributed by atoms with Gasteiger partial charge in [0.05, 0.1) is 7.11 Å². The van der Waals surface area contributed by atoms with Crippen LogP contribution >= 0.6 is 11.3 Å². The molecule has 0 radical (unpaired) electrons. The number of ether oxygens (including phenoxy) is 1. The van der Waals surface area contributed by atoms with Gasteiger partial charge in [0.2, 0.25) is 0 Å². The molecule has 4 rings (SSSR count). The maximum absolute atomic E-state index is 5.24. The van der Waals surface area contributed by atoms with E-state index in [-0.39, 0.29) is 0 Å². The summed E-state index contributed by atoms with van der Waals surface area (Å²) in [5.74, 6) is 0.882. The molecular formula is C24H20OS. The molecule has 1 heterocycles. The minimum atomic E-state index is 0.882. The Morgan fingerprint density at radius 3 is 2.31 bits per heavy atom. The highest BCUT2D eigenvalue weighted by atomic mass is 32.1. The van der Waals surface area contributed by atoms with Gasteiger partial charge in [-0.3, -0.25) is 0 Å². The fourth-order valence-electron chi connectivity index (χ4n) is 3.11. The van der Waals surface area contributed by atoms with Crippen molar-refractivity contribution in [2.24, 2.45) is 0 Å². The van der Waals surface area contributed by atoms with Crippen LogP contribution < -0.4 is 4.74 Å². The van der Waals surface area contributed by atoms with Gasteiger partial charge in [-0.2, -0.15) is 0 Å². The number of thiophene rings is 1. The monoisotopic (exact) mass is 356 g/mol. The van der Waals surface area contributed by atoms with Crippen LogP contribution in [-0.4, -0.2) is 7.11 Å². The number of rotatable bonds is 5. The molecule has 0 N–H and O–H groups in total. The molecule has 0 atom stereocenters. The van der Waals surface area contributed by atoms with E-state index in [0.29, 0.717) is 0 Å². The van der Waals surface area contributed by atoms with E-state index in [0.717, 1.165) is 12.2 Å². The summed E-state index contributed by atoms with van der Waals surface area (Å²) in [5, 5.41) is 1.33. The standard InChI is InChI=1S/C24H20OS/c1-25-20-14-11-18(12-15-20)13-16-22-21-9-5-6-10-23(21)26-24(22)17-19-7-3-2-4-8-19/h2-16H,17H2,1H3. The zero-order valence-corrected chi connectivity index (χ0v) is 15.5. The second kappa shape index (κ2) is 7.59. The average molecular weight is 356 g/mol. The summed E-state index contributed by atoms with van der Waals surface area (Å²) in [5.41, 5.74) is 3.84. The molecule has 0 unspecified atom stereocenters. The van der Waals surface area contributed by atoms with Gasteiger partial charge in [-0.05, 0) is 40.3 Å². The van der Waals surface area contributed by atoms with Gasteiger partial charge in [0, 0.05) is 16.0 Å². The fraction of sp³-hybridized carbons (Fsp3) is 0.0833. The number of fused-ring (bicyclic) bond motifs is 1. The molecule has 0 fully saturated rings. The lowest BCUT2D eigenvalue weighted by Gasteiger charge is -2.02. The summed E-state index contributed by atoms with van der Waals surface area (Å²) in [6, 6.07) is 27.5. The molecule has 0 aliphatic rings. The van der Waals surface area contributed by atoms with Crippen LogP contribution in [0.1, 0.15) is 21.6 Å². The third kappa shape index (κ3) is 3.56. The first-order valence-electron chi connectivity index (χ1n) is 8.70. The maximum Gasteiger partial charge on any atom is 0.118 e. The Morgan fingerprint density at radius 2 is 1.54 bits per heavy atom. The maximum atomic E-state index is 5.24. The van der Waals surface area contributed by atoms with Crippen molar-refractivity contribution < 1.29 is 4.74 Å². The first kappa shape index (κ1) is 16.6. The van der Waals surface area contributed by atoms with Crippen LogP contribution in [-0.2, 0) is 6.42 Å². The summed E-state index contributed by atoms with van der Waals surface area (Å²) in [7, 11) is 1.69. The molecule has 128 valence electrons. The van der Waals surface area contributed by atoms with Gasteiger partial charge < -0.3 is 4.74 Å². The molecule has 1 aromatic heterocycles. The van der Waals surface area contributed by atoms with Crippen molar-refractivity contribution >= 4 is 33.6 Å². The first-order valence-corrected chi connectivity index (χ1v) is 9.51. The van der Waals surface area contributed by atoms with Gasteiger partial charge in [0.25, 0.3) is 0 Å². The lowest BCUT2D eigenvalue weighted by Crippen LogP contribution is -1.86. The van der Waals surface area contributed by atoms with Crippen LogP contribution in [0, 0.1) is 0 Å². The van der Waals surface area contributed by atoms with Crippen molar-refractivity contribution in [1.29, 1.82) is 0 Å². The molecule has 0 saturated carbocycles. The Bertz CT molecular complexity index is 1030. The fourth-order valence-corrected chi connectivity index (χ4v) is 4.33. The second-order valence-corrected chi connectivity index (χ2v) is 7.34. The van der Waals surface area contributed by atoms with Crippen molar-refractivity contribution in [2.45, 2.75) is 6.42 Å². The van der Waals surface area contributed by atoms with E-state index >= 15 is 0 Å². The van der Waals surface area contributed by atoms with Gasteiger partial charge in [-0.15, -0.1) is 11.3 Å². The lowest BCUT2D eigenvalue weighted by atomic mass is 10.0. The summed E-state index contributed by atoms with van der Waals surface area (Å²) >= 11 is 1.89. The van der Waals surface area contributed by atoms with Crippen LogP contribution in [0.25, 0.3) is 22.2 Å². The molecule has 4 aromatic rings. The van der Waals surface area contributed by atoms with Crippen molar-refractivity contribution in [2.75, 3.05) is 7.11 Å². The summed E-state index contributed by atoms with van der Waals surface area (Å²) in [6.45, 7) is 0. The smallest absolute Gasteiger partial charge is 0.118 e. The Morgan fingerprint density at radius 1 is 0.808 bits per heavy atom.